The van der Waals surface area contributed by atoms with Gasteiger partial charge in [0.25, 0.3) is 5.56 Å². The van der Waals surface area contributed by atoms with Gasteiger partial charge in [0, 0.05) is 25.1 Å². The molecule has 128 valence electrons. The number of nitrogens with zero attached hydrogens (tertiary/aromatic N) is 2. The molecule has 1 atom stereocenters. The lowest BCUT2D eigenvalue weighted by Gasteiger charge is -2.17. The van der Waals surface area contributed by atoms with E-state index in [4.69, 9.17) is 9.47 Å². The fraction of sp³-hybridized carbons (Fsp3) is 0.444. The lowest BCUT2D eigenvalue weighted by molar-refractivity contribution is 0.323. The molecule has 0 radical (unpaired) electrons. The normalized spacial score (nSPS) is 17.9. The van der Waals surface area contributed by atoms with Gasteiger partial charge in [-0.25, -0.2) is 4.98 Å². The van der Waals surface area contributed by atoms with Gasteiger partial charge in [0.05, 0.1) is 19.9 Å². The maximum absolute atomic E-state index is 11.6. The first kappa shape index (κ1) is 16.5. The zero-order valence-corrected chi connectivity index (χ0v) is 14.3. The fourth-order valence-electron chi connectivity index (χ4n) is 3.27. The largest absolute Gasteiger partial charge is 0.493 e. The Bertz CT molecular complexity index is 772. The number of aromatic nitrogens is 2. The van der Waals surface area contributed by atoms with E-state index in [2.05, 4.69) is 20.9 Å². The molecule has 0 saturated carbocycles. The molecule has 1 aromatic heterocycles. The van der Waals surface area contributed by atoms with Crippen LogP contribution in [0.1, 0.15) is 29.4 Å². The summed E-state index contributed by atoms with van der Waals surface area (Å²) in [7, 11) is 3.29. The number of benzene rings is 1. The number of aromatic amines is 1. The highest BCUT2D eigenvalue weighted by molar-refractivity contribution is 5.42. The first-order valence-corrected chi connectivity index (χ1v) is 8.10. The molecule has 6 heteroatoms. The standard InChI is InChI=1S/C18H23N3O3/c1-12-19-15(9-18(22)20-12)14-6-7-21(11-14)10-13-4-5-16(23-2)17(8-13)24-3/h4-5,8-9,14H,6-7,10-11H2,1-3H3,(H,19,20,22)/t14-/m0/s1. The van der Waals surface area contributed by atoms with Crippen LogP contribution in [0.5, 0.6) is 11.5 Å². The van der Waals surface area contributed by atoms with Crippen molar-refractivity contribution in [3.05, 3.63) is 51.7 Å². The summed E-state index contributed by atoms with van der Waals surface area (Å²) in [5.74, 6) is 2.48. The molecule has 0 amide bonds. The Morgan fingerprint density at radius 2 is 2.04 bits per heavy atom. The van der Waals surface area contributed by atoms with Crippen molar-refractivity contribution in [1.29, 1.82) is 0 Å². The maximum Gasteiger partial charge on any atom is 0.251 e. The van der Waals surface area contributed by atoms with Gasteiger partial charge < -0.3 is 14.5 Å². The third kappa shape index (κ3) is 3.59. The second-order valence-corrected chi connectivity index (χ2v) is 6.17. The minimum Gasteiger partial charge on any atom is -0.493 e. The van der Waals surface area contributed by atoms with Crippen LogP contribution in [0.15, 0.2) is 29.1 Å². The zero-order valence-electron chi connectivity index (χ0n) is 14.3. The van der Waals surface area contributed by atoms with Crippen LogP contribution in [0, 0.1) is 6.92 Å². The van der Waals surface area contributed by atoms with Crippen molar-refractivity contribution in [2.75, 3.05) is 27.3 Å². The van der Waals surface area contributed by atoms with Gasteiger partial charge in [-0.1, -0.05) is 6.07 Å². The van der Waals surface area contributed by atoms with Crippen LogP contribution >= 0.6 is 0 Å². The van der Waals surface area contributed by atoms with Gasteiger partial charge in [0.1, 0.15) is 5.82 Å². The number of rotatable bonds is 5. The summed E-state index contributed by atoms with van der Waals surface area (Å²) in [4.78, 5) is 21.2. The number of H-pyrrole nitrogens is 1. The van der Waals surface area contributed by atoms with Crippen molar-refractivity contribution < 1.29 is 9.47 Å². The van der Waals surface area contributed by atoms with Crippen LogP contribution in [0.25, 0.3) is 0 Å². The molecule has 2 aromatic rings. The highest BCUT2D eigenvalue weighted by atomic mass is 16.5. The van der Waals surface area contributed by atoms with Crippen molar-refractivity contribution in [3.8, 4) is 11.5 Å². The number of methoxy groups -OCH3 is 2. The fourth-order valence-corrected chi connectivity index (χ4v) is 3.27. The Kier molecular flexibility index (Phi) is 4.85. The van der Waals surface area contributed by atoms with Crippen LogP contribution in [-0.4, -0.2) is 42.2 Å². The second-order valence-electron chi connectivity index (χ2n) is 6.17. The summed E-state index contributed by atoms with van der Waals surface area (Å²) < 4.78 is 10.6. The van der Waals surface area contributed by atoms with Crippen molar-refractivity contribution in [3.63, 3.8) is 0 Å². The average Bonchev–Trinajstić information content (AvgIpc) is 3.02. The summed E-state index contributed by atoms with van der Waals surface area (Å²) in [6.07, 6.45) is 1.02. The second kappa shape index (κ2) is 7.05. The van der Waals surface area contributed by atoms with Crippen molar-refractivity contribution in [1.82, 2.24) is 14.9 Å². The van der Waals surface area contributed by atoms with Crippen molar-refractivity contribution >= 4 is 0 Å². The third-order valence-electron chi connectivity index (χ3n) is 4.42. The third-order valence-corrected chi connectivity index (χ3v) is 4.42. The predicted octanol–water partition coefficient (Wildman–Crippen LogP) is 2.09. The van der Waals surface area contributed by atoms with E-state index in [1.165, 1.54) is 5.56 Å². The summed E-state index contributed by atoms with van der Waals surface area (Å²) in [6.45, 7) is 4.57. The minimum atomic E-state index is -0.0733. The van der Waals surface area contributed by atoms with E-state index in [1.807, 2.05) is 19.1 Å². The summed E-state index contributed by atoms with van der Waals surface area (Å²) in [5.41, 5.74) is 2.00. The molecule has 0 spiro atoms. The van der Waals surface area contributed by atoms with E-state index in [0.717, 1.165) is 43.2 Å². The predicted molar refractivity (Wildman–Crippen MR) is 91.8 cm³/mol. The zero-order chi connectivity index (χ0) is 17.1. The number of hydrogen-bond donors (Lipinski definition) is 1. The van der Waals surface area contributed by atoms with Gasteiger partial charge in [-0.15, -0.1) is 0 Å². The number of likely N-dealkylation sites (tertiary alicyclic amines) is 1. The Balaban J connectivity index is 1.69. The van der Waals surface area contributed by atoms with Crippen LogP contribution in [0.4, 0.5) is 0 Å². The molecule has 6 nitrogen and oxygen atoms in total. The van der Waals surface area contributed by atoms with Gasteiger partial charge in [-0.2, -0.15) is 0 Å². The van der Waals surface area contributed by atoms with Gasteiger partial charge in [0.2, 0.25) is 0 Å². The molecule has 1 aliphatic heterocycles. The average molecular weight is 329 g/mol. The molecule has 3 rings (SSSR count). The molecular weight excluding hydrogens is 306 g/mol. The molecule has 0 aliphatic carbocycles. The first-order valence-electron chi connectivity index (χ1n) is 8.10. The molecule has 1 aliphatic rings. The molecule has 1 N–H and O–H groups in total. The van der Waals surface area contributed by atoms with Crippen LogP contribution in [0.3, 0.4) is 0 Å². The van der Waals surface area contributed by atoms with Gasteiger partial charge in [-0.3, -0.25) is 9.69 Å². The summed E-state index contributed by atoms with van der Waals surface area (Å²) >= 11 is 0. The monoisotopic (exact) mass is 329 g/mol. The molecule has 1 saturated heterocycles. The van der Waals surface area contributed by atoms with Crippen molar-refractivity contribution in [2.24, 2.45) is 0 Å². The molecule has 2 heterocycles. The highest BCUT2D eigenvalue weighted by Crippen LogP contribution is 2.30. The number of aryl methyl sites for hydroxylation is 1. The van der Waals surface area contributed by atoms with E-state index < -0.39 is 0 Å². The number of ether oxygens (including phenoxy) is 2. The SMILES string of the molecule is COc1ccc(CN2CC[C@H](c3cc(=O)[nH]c(C)n3)C2)cc1OC. The van der Waals surface area contributed by atoms with Gasteiger partial charge >= 0.3 is 0 Å². The molecule has 24 heavy (non-hydrogen) atoms. The van der Waals surface area contributed by atoms with Gasteiger partial charge in [-0.05, 0) is 37.6 Å². The van der Waals surface area contributed by atoms with Crippen LogP contribution in [-0.2, 0) is 6.54 Å². The highest BCUT2D eigenvalue weighted by Gasteiger charge is 2.25. The van der Waals surface area contributed by atoms with E-state index >= 15 is 0 Å². The smallest absolute Gasteiger partial charge is 0.251 e. The first-order chi connectivity index (χ1) is 11.6. The lowest BCUT2D eigenvalue weighted by Crippen LogP contribution is -2.20. The minimum absolute atomic E-state index is 0.0733. The lowest BCUT2D eigenvalue weighted by atomic mass is 10.0. The summed E-state index contributed by atoms with van der Waals surface area (Å²) in [6, 6.07) is 7.63. The quantitative estimate of drug-likeness (QED) is 0.910. The van der Waals surface area contributed by atoms with Crippen LogP contribution < -0.4 is 15.0 Å². The van der Waals surface area contributed by atoms with Gasteiger partial charge in [0.15, 0.2) is 11.5 Å². The molecule has 0 unspecified atom stereocenters. The summed E-state index contributed by atoms with van der Waals surface area (Å²) in [5, 5.41) is 0. The Morgan fingerprint density at radius 1 is 1.25 bits per heavy atom. The van der Waals surface area contributed by atoms with E-state index in [1.54, 1.807) is 20.3 Å². The Labute approximate surface area is 141 Å². The van der Waals surface area contributed by atoms with E-state index in [9.17, 15) is 4.79 Å². The Morgan fingerprint density at radius 3 is 2.75 bits per heavy atom. The molecular formula is C18H23N3O3. The maximum atomic E-state index is 11.6. The van der Waals surface area contributed by atoms with E-state index in [-0.39, 0.29) is 5.56 Å². The number of hydrogen-bond acceptors (Lipinski definition) is 5. The van der Waals surface area contributed by atoms with Crippen LogP contribution in [0.2, 0.25) is 0 Å². The van der Waals surface area contributed by atoms with Crippen molar-refractivity contribution in [2.45, 2.75) is 25.8 Å². The number of nitrogens with one attached hydrogen (secondary N) is 1. The Hall–Kier alpha value is -2.34. The topological polar surface area (TPSA) is 67.5 Å². The molecule has 1 aromatic carbocycles. The van der Waals surface area contributed by atoms with E-state index in [0.29, 0.717) is 11.7 Å². The molecule has 1 fully saturated rings. The molecule has 0 bridgehead atoms.